The highest BCUT2D eigenvalue weighted by molar-refractivity contribution is 7.92. The van der Waals surface area contributed by atoms with Crippen LogP contribution in [0, 0.1) is 0 Å². The van der Waals surface area contributed by atoms with Gasteiger partial charge in [0.1, 0.15) is 5.75 Å². The number of hydrogen-bond acceptors (Lipinski definition) is 5. The van der Waals surface area contributed by atoms with Crippen molar-refractivity contribution in [3.63, 3.8) is 0 Å². The number of anilines is 1. The molecule has 0 atom stereocenters. The fraction of sp³-hybridized carbons (Fsp3) is 0.103. The third kappa shape index (κ3) is 6.40. The van der Waals surface area contributed by atoms with Crippen molar-refractivity contribution in [3.8, 4) is 5.75 Å². The Hall–Kier alpha value is -4.14. The molecule has 4 rings (SSSR count). The SMILES string of the molecule is COc1ccc(N(Cc2ccc(C(=O)N/N=C(/C)c3ccc(Cl)cc3)cc2)S(=O)(=O)c2ccccc2)cc1. The quantitative estimate of drug-likeness (QED) is 0.209. The number of benzene rings is 4. The van der Waals surface area contributed by atoms with E-state index in [4.69, 9.17) is 16.3 Å². The maximum atomic E-state index is 13.6. The second-order valence-electron chi connectivity index (χ2n) is 8.36. The van der Waals surface area contributed by atoms with E-state index in [1.54, 1.807) is 105 Å². The Labute approximate surface area is 227 Å². The molecule has 0 unspecified atom stereocenters. The maximum absolute atomic E-state index is 13.6. The summed E-state index contributed by atoms with van der Waals surface area (Å²) in [4.78, 5) is 12.8. The molecule has 7 nitrogen and oxygen atoms in total. The molecule has 0 spiro atoms. The lowest BCUT2D eigenvalue weighted by molar-refractivity contribution is 0.0955. The summed E-state index contributed by atoms with van der Waals surface area (Å²) in [5.74, 6) is 0.240. The summed E-state index contributed by atoms with van der Waals surface area (Å²) in [5.41, 5.74) is 5.61. The summed E-state index contributed by atoms with van der Waals surface area (Å²) < 4.78 is 33.7. The predicted octanol–water partition coefficient (Wildman–Crippen LogP) is 5.90. The van der Waals surface area contributed by atoms with Crippen LogP contribution >= 0.6 is 11.6 Å². The number of halogens is 1. The number of rotatable bonds is 9. The van der Waals surface area contributed by atoms with Crippen LogP contribution in [0.5, 0.6) is 5.75 Å². The van der Waals surface area contributed by atoms with E-state index in [0.717, 1.165) is 5.56 Å². The molecule has 4 aromatic rings. The van der Waals surface area contributed by atoms with Crippen LogP contribution in [-0.2, 0) is 16.6 Å². The summed E-state index contributed by atoms with van der Waals surface area (Å²) >= 11 is 5.92. The molecule has 0 saturated carbocycles. The van der Waals surface area contributed by atoms with Crippen molar-refractivity contribution in [1.82, 2.24) is 5.43 Å². The summed E-state index contributed by atoms with van der Waals surface area (Å²) in [6, 6.07) is 28.9. The molecule has 38 heavy (non-hydrogen) atoms. The van der Waals surface area contributed by atoms with Gasteiger partial charge in [0.15, 0.2) is 0 Å². The van der Waals surface area contributed by atoms with E-state index in [1.807, 2.05) is 12.1 Å². The van der Waals surface area contributed by atoms with Gasteiger partial charge in [-0.3, -0.25) is 9.10 Å². The molecule has 0 radical (unpaired) electrons. The van der Waals surface area contributed by atoms with E-state index in [1.165, 1.54) is 4.31 Å². The van der Waals surface area contributed by atoms with E-state index in [0.29, 0.717) is 33.3 Å². The number of hydrogen-bond donors (Lipinski definition) is 1. The molecule has 4 aromatic carbocycles. The normalized spacial score (nSPS) is 11.6. The fourth-order valence-corrected chi connectivity index (χ4v) is 5.27. The van der Waals surface area contributed by atoms with Gasteiger partial charge >= 0.3 is 0 Å². The number of hydrazone groups is 1. The zero-order valence-corrected chi connectivity index (χ0v) is 22.4. The third-order valence-electron chi connectivity index (χ3n) is 5.82. The standard InChI is InChI=1S/C29H26ClN3O4S/c1-21(23-12-14-25(30)15-13-23)31-32-29(34)24-10-8-22(9-11-24)20-33(26-16-18-27(37-2)19-17-26)38(35,36)28-6-4-3-5-7-28/h3-19H,20H2,1-2H3,(H,32,34)/b31-21-. The second-order valence-corrected chi connectivity index (χ2v) is 10.7. The minimum Gasteiger partial charge on any atom is -0.497 e. The van der Waals surface area contributed by atoms with Gasteiger partial charge in [0.25, 0.3) is 15.9 Å². The highest BCUT2D eigenvalue weighted by Gasteiger charge is 2.25. The molecule has 0 heterocycles. The summed E-state index contributed by atoms with van der Waals surface area (Å²) in [6.07, 6.45) is 0. The number of sulfonamides is 1. The minimum atomic E-state index is -3.86. The van der Waals surface area contributed by atoms with Gasteiger partial charge in [0.05, 0.1) is 29.9 Å². The maximum Gasteiger partial charge on any atom is 0.271 e. The molecule has 0 aromatic heterocycles. The van der Waals surface area contributed by atoms with Gasteiger partial charge in [-0.15, -0.1) is 0 Å². The Bertz CT molecular complexity index is 1520. The zero-order valence-electron chi connectivity index (χ0n) is 20.8. The van der Waals surface area contributed by atoms with Crippen LogP contribution in [0.15, 0.2) is 113 Å². The van der Waals surface area contributed by atoms with Crippen LogP contribution in [-0.4, -0.2) is 27.1 Å². The number of carbonyl (C=O) groups excluding carboxylic acids is 1. The van der Waals surface area contributed by atoms with Gasteiger partial charge < -0.3 is 4.74 Å². The van der Waals surface area contributed by atoms with Crippen molar-refractivity contribution in [3.05, 3.63) is 125 Å². The van der Waals surface area contributed by atoms with Gasteiger partial charge in [0.2, 0.25) is 0 Å². The summed E-state index contributed by atoms with van der Waals surface area (Å²) in [7, 11) is -2.31. The molecule has 1 amide bonds. The Kier molecular flexibility index (Phi) is 8.45. The first-order valence-corrected chi connectivity index (χ1v) is 13.5. The molecular weight excluding hydrogens is 522 g/mol. The molecule has 0 aliphatic carbocycles. The molecule has 0 aliphatic rings. The van der Waals surface area contributed by atoms with Gasteiger partial charge in [-0.2, -0.15) is 5.10 Å². The van der Waals surface area contributed by atoms with E-state index in [9.17, 15) is 13.2 Å². The Balaban J connectivity index is 1.54. The molecule has 194 valence electrons. The van der Waals surface area contributed by atoms with Crippen LogP contribution < -0.4 is 14.5 Å². The lowest BCUT2D eigenvalue weighted by atomic mass is 10.1. The second kappa shape index (κ2) is 11.9. The van der Waals surface area contributed by atoms with Crippen molar-refractivity contribution >= 4 is 38.9 Å². The van der Waals surface area contributed by atoms with Crippen molar-refractivity contribution in [2.24, 2.45) is 5.10 Å². The number of nitrogens with one attached hydrogen (secondary N) is 1. The predicted molar refractivity (Wildman–Crippen MR) is 150 cm³/mol. The lowest BCUT2D eigenvalue weighted by Gasteiger charge is -2.25. The number of ether oxygens (including phenoxy) is 1. The Morgan fingerprint density at radius 2 is 1.47 bits per heavy atom. The largest absolute Gasteiger partial charge is 0.497 e. The summed E-state index contributed by atoms with van der Waals surface area (Å²) in [6.45, 7) is 1.85. The van der Waals surface area contributed by atoms with E-state index in [-0.39, 0.29) is 17.3 Å². The molecule has 0 aliphatic heterocycles. The van der Waals surface area contributed by atoms with Crippen molar-refractivity contribution in [2.75, 3.05) is 11.4 Å². The van der Waals surface area contributed by atoms with E-state index >= 15 is 0 Å². The van der Waals surface area contributed by atoms with Crippen LogP contribution in [0.4, 0.5) is 5.69 Å². The highest BCUT2D eigenvalue weighted by atomic mass is 35.5. The number of methoxy groups -OCH3 is 1. The number of nitrogens with zero attached hydrogens (tertiary/aromatic N) is 2. The lowest BCUT2D eigenvalue weighted by Crippen LogP contribution is -2.30. The average Bonchev–Trinajstić information content (AvgIpc) is 2.95. The summed E-state index contributed by atoms with van der Waals surface area (Å²) in [5, 5.41) is 4.79. The average molecular weight is 548 g/mol. The highest BCUT2D eigenvalue weighted by Crippen LogP contribution is 2.28. The molecule has 0 fully saturated rings. The molecule has 0 saturated heterocycles. The van der Waals surface area contributed by atoms with Crippen LogP contribution in [0.3, 0.4) is 0 Å². The smallest absolute Gasteiger partial charge is 0.271 e. The van der Waals surface area contributed by atoms with Crippen molar-refractivity contribution in [2.45, 2.75) is 18.4 Å². The first-order valence-electron chi connectivity index (χ1n) is 11.7. The fourth-order valence-electron chi connectivity index (χ4n) is 3.67. The van der Waals surface area contributed by atoms with Crippen LogP contribution in [0.25, 0.3) is 0 Å². The molecule has 9 heteroatoms. The number of carbonyl (C=O) groups is 1. The Morgan fingerprint density at radius 3 is 2.08 bits per heavy atom. The van der Waals surface area contributed by atoms with Gasteiger partial charge in [-0.1, -0.05) is 54.1 Å². The Morgan fingerprint density at radius 1 is 0.868 bits per heavy atom. The van der Waals surface area contributed by atoms with Gasteiger partial charge in [-0.25, -0.2) is 13.8 Å². The van der Waals surface area contributed by atoms with Crippen molar-refractivity contribution in [1.29, 1.82) is 0 Å². The van der Waals surface area contributed by atoms with Gasteiger partial charge in [-0.05, 0) is 78.7 Å². The van der Waals surface area contributed by atoms with Crippen LogP contribution in [0.2, 0.25) is 5.02 Å². The molecular formula is C29H26ClN3O4S. The topological polar surface area (TPSA) is 88.1 Å². The van der Waals surface area contributed by atoms with Gasteiger partial charge in [0, 0.05) is 10.6 Å². The third-order valence-corrected chi connectivity index (χ3v) is 7.86. The zero-order chi connectivity index (χ0) is 27.1. The van der Waals surface area contributed by atoms with Crippen molar-refractivity contribution < 1.29 is 17.9 Å². The monoisotopic (exact) mass is 547 g/mol. The van der Waals surface area contributed by atoms with E-state index < -0.39 is 10.0 Å². The minimum absolute atomic E-state index is 0.0687. The molecule has 1 N–H and O–H groups in total. The first kappa shape index (κ1) is 26.9. The van der Waals surface area contributed by atoms with E-state index in [2.05, 4.69) is 10.5 Å². The van der Waals surface area contributed by atoms with Crippen LogP contribution in [0.1, 0.15) is 28.4 Å². The number of amides is 1. The molecule has 0 bridgehead atoms. The first-order chi connectivity index (χ1) is 18.3.